The molecule has 6 heteroatoms. The third kappa shape index (κ3) is 2.72. The molecule has 0 aromatic heterocycles. The highest BCUT2D eigenvalue weighted by Crippen LogP contribution is 2.30. The fraction of sp³-hybridized carbons (Fsp3) is 0.385. The van der Waals surface area contributed by atoms with Crippen LogP contribution in [-0.2, 0) is 4.79 Å². The van der Waals surface area contributed by atoms with Crippen LogP contribution in [0.2, 0.25) is 0 Å². The Bertz CT molecular complexity index is 504. The van der Waals surface area contributed by atoms with Gasteiger partial charge in [-0.1, -0.05) is 12.8 Å². The zero-order chi connectivity index (χ0) is 14.0. The van der Waals surface area contributed by atoms with Crippen LogP contribution >= 0.6 is 0 Å². The van der Waals surface area contributed by atoms with E-state index >= 15 is 0 Å². The monoisotopic (exact) mass is 269 g/mol. The lowest BCUT2D eigenvalue weighted by Gasteiger charge is -2.25. The van der Waals surface area contributed by atoms with Crippen molar-refractivity contribution in [3.05, 3.63) is 35.4 Å². The van der Waals surface area contributed by atoms with E-state index in [0.717, 1.165) is 12.1 Å². The second-order valence-corrected chi connectivity index (χ2v) is 4.71. The second-order valence-electron chi connectivity index (χ2n) is 4.71. The van der Waals surface area contributed by atoms with Gasteiger partial charge in [0.25, 0.3) is 5.91 Å². The van der Waals surface area contributed by atoms with Gasteiger partial charge in [-0.25, -0.2) is 13.6 Å². The standard InChI is InChI=1S/C13H13F2NO3/c14-9-5-8(6-10(15)7-9)11(17)16-13(12(18)19)3-1-2-4-13/h5-7H,1-4H2,(H,16,17)(H,18,19). The largest absolute Gasteiger partial charge is 0.480 e. The van der Waals surface area contributed by atoms with E-state index in [2.05, 4.69) is 5.32 Å². The van der Waals surface area contributed by atoms with Crippen LogP contribution in [0.1, 0.15) is 36.0 Å². The first kappa shape index (κ1) is 13.5. The molecular formula is C13H13F2NO3. The maximum atomic E-state index is 13.0. The first-order chi connectivity index (χ1) is 8.93. The lowest BCUT2D eigenvalue weighted by Crippen LogP contribution is -2.52. The molecule has 1 fully saturated rings. The van der Waals surface area contributed by atoms with Crippen molar-refractivity contribution in [1.82, 2.24) is 5.32 Å². The van der Waals surface area contributed by atoms with Crippen molar-refractivity contribution < 1.29 is 23.5 Å². The van der Waals surface area contributed by atoms with Crippen molar-refractivity contribution >= 4 is 11.9 Å². The van der Waals surface area contributed by atoms with Gasteiger partial charge < -0.3 is 10.4 Å². The summed E-state index contributed by atoms with van der Waals surface area (Å²) in [6, 6.07) is 2.41. The molecule has 0 bridgehead atoms. The molecule has 1 aromatic rings. The van der Waals surface area contributed by atoms with Gasteiger partial charge in [-0.05, 0) is 25.0 Å². The molecule has 1 amide bonds. The molecule has 1 aliphatic rings. The predicted octanol–water partition coefficient (Wildman–Crippen LogP) is 2.09. The Morgan fingerprint density at radius 1 is 1.11 bits per heavy atom. The number of amides is 1. The highest BCUT2D eigenvalue weighted by molar-refractivity contribution is 5.98. The molecule has 4 nitrogen and oxygen atoms in total. The van der Waals surface area contributed by atoms with E-state index in [0.29, 0.717) is 31.7 Å². The normalized spacial score (nSPS) is 17.2. The third-order valence-corrected chi connectivity index (χ3v) is 3.34. The van der Waals surface area contributed by atoms with Crippen LogP contribution in [0, 0.1) is 11.6 Å². The molecule has 1 aliphatic carbocycles. The second kappa shape index (κ2) is 4.95. The van der Waals surface area contributed by atoms with E-state index in [1.54, 1.807) is 0 Å². The van der Waals surface area contributed by atoms with Crippen molar-refractivity contribution in [2.75, 3.05) is 0 Å². The minimum Gasteiger partial charge on any atom is -0.480 e. The summed E-state index contributed by atoms with van der Waals surface area (Å²) in [7, 11) is 0. The smallest absolute Gasteiger partial charge is 0.329 e. The van der Waals surface area contributed by atoms with Crippen LogP contribution in [-0.4, -0.2) is 22.5 Å². The lowest BCUT2D eigenvalue weighted by atomic mass is 9.97. The van der Waals surface area contributed by atoms with Crippen LogP contribution in [0.5, 0.6) is 0 Å². The topological polar surface area (TPSA) is 66.4 Å². The lowest BCUT2D eigenvalue weighted by molar-refractivity contribution is -0.144. The van der Waals surface area contributed by atoms with Crippen molar-refractivity contribution in [1.29, 1.82) is 0 Å². The van der Waals surface area contributed by atoms with Gasteiger partial charge >= 0.3 is 5.97 Å². The maximum absolute atomic E-state index is 13.0. The molecule has 2 rings (SSSR count). The van der Waals surface area contributed by atoms with E-state index in [9.17, 15) is 23.5 Å². The summed E-state index contributed by atoms with van der Waals surface area (Å²) in [5, 5.41) is 11.6. The van der Waals surface area contributed by atoms with E-state index in [1.165, 1.54) is 0 Å². The molecule has 0 unspecified atom stereocenters. The van der Waals surface area contributed by atoms with Gasteiger partial charge in [-0.2, -0.15) is 0 Å². The number of hydrogen-bond donors (Lipinski definition) is 2. The number of carbonyl (C=O) groups excluding carboxylic acids is 1. The summed E-state index contributed by atoms with van der Waals surface area (Å²) in [5.74, 6) is -3.64. The van der Waals surface area contributed by atoms with Crippen molar-refractivity contribution in [3.63, 3.8) is 0 Å². The van der Waals surface area contributed by atoms with Crippen molar-refractivity contribution in [3.8, 4) is 0 Å². The van der Waals surface area contributed by atoms with Gasteiger partial charge in [-0.3, -0.25) is 4.79 Å². The third-order valence-electron chi connectivity index (χ3n) is 3.34. The summed E-state index contributed by atoms with van der Waals surface area (Å²) in [6.45, 7) is 0. The quantitative estimate of drug-likeness (QED) is 0.883. The van der Waals surface area contributed by atoms with Gasteiger partial charge in [0, 0.05) is 11.6 Å². The number of hydrogen-bond acceptors (Lipinski definition) is 2. The van der Waals surface area contributed by atoms with Crippen LogP contribution < -0.4 is 5.32 Å². The number of nitrogens with one attached hydrogen (secondary N) is 1. The first-order valence-electron chi connectivity index (χ1n) is 5.95. The SMILES string of the molecule is O=C(NC1(C(=O)O)CCCC1)c1cc(F)cc(F)c1. The molecule has 102 valence electrons. The van der Waals surface area contributed by atoms with Crippen LogP contribution in [0.4, 0.5) is 8.78 Å². The Morgan fingerprint density at radius 2 is 1.63 bits per heavy atom. The number of carbonyl (C=O) groups is 2. The zero-order valence-corrected chi connectivity index (χ0v) is 10.1. The van der Waals surface area contributed by atoms with Gasteiger partial charge in [0.15, 0.2) is 0 Å². The van der Waals surface area contributed by atoms with E-state index in [4.69, 9.17) is 0 Å². The van der Waals surface area contributed by atoms with Crippen molar-refractivity contribution in [2.24, 2.45) is 0 Å². The fourth-order valence-electron chi connectivity index (χ4n) is 2.35. The fourth-order valence-corrected chi connectivity index (χ4v) is 2.35. The average molecular weight is 269 g/mol. The van der Waals surface area contributed by atoms with E-state index in [-0.39, 0.29) is 5.56 Å². The Labute approximate surface area is 108 Å². The number of carboxylic acids is 1. The Morgan fingerprint density at radius 3 is 2.11 bits per heavy atom. The zero-order valence-electron chi connectivity index (χ0n) is 10.1. The van der Waals surface area contributed by atoms with Gasteiger partial charge in [0.2, 0.25) is 0 Å². The Kier molecular flexibility index (Phi) is 3.50. The van der Waals surface area contributed by atoms with E-state index < -0.39 is 29.0 Å². The molecule has 2 N–H and O–H groups in total. The Hall–Kier alpha value is -1.98. The molecule has 1 aromatic carbocycles. The summed E-state index contributed by atoms with van der Waals surface area (Å²) in [4.78, 5) is 23.2. The maximum Gasteiger partial charge on any atom is 0.329 e. The molecular weight excluding hydrogens is 256 g/mol. The summed E-state index contributed by atoms with van der Waals surface area (Å²) in [5.41, 5.74) is -1.54. The minimum absolute atomic E-state index is 0.218. The summed E-state index contributed by atoms with van der Waals surface area (Å²) < 4.78 is 26.0. The number of carboxylic acid groups (broad SMARTS) is 1. The summed E-state index contributed by atoms with van der Waals surface area (Å²) >= 11 is 0. The van der Waals surface area contributed by atoms with Crippen LogP contribution in [0.15, 0.2) is 18.2 Å². The molecule has 1 saturated carbocycles. The minimum atomic E-state index is -1.32. The number of rotatable bonds is 3. The molecule has 19 heavy (non-hydrogen) atoms. The molecule has 0 atom stereocenters. The highest BCUT2D eigenvalue weighted by atomic mass is 19.1. The number of halogens is 2. The average Bonchev–Trinajstić information content (AvgIpc) is 2.77. The molecule has 0 spiro atoms. The van der Waals surface area contributed by atoms with Gasteiger partial charge in [0.1, 0.15) is 17.2 Å². The molecule has 0 aliphatic heterocycles. The van der Waals surface area contributed by atoms with Gasteiger partial charge in [0.05, 0.1) is 0 Å². The van der Waals surface area contributed by atoms with E-state index in [1.807, 2.05) is 0 Å². The van der Waals surface area contributed by atoms with Crippen LogP contribution in [0.25, 0.3) is 0 Å². The van der Waals surface area contributed by atoms with Crippen molar-refractivity contribution in [2.45, 2.75) is 31.2 Å². The number of aliphatic carboxylic acids is 1. The molecule has 0 heterocycles. The molecule has 0 saturated heterocycles. The predicted molar refractivity (Wildman–Crippen MR) is 62.7 cm³/mol. The van der Waals surface area contributed by atoms with Crippen LogP contribution in [0.3, 0.4) is 0 Å². The van der Waals surface area contributed by atoms with Gasteiger partial charge in [-0.15, -0.1) is 0 Å². The highest BCUT2D eigenvalue weighted by Gasteiger charge is 2.42. The number of benzene rings is 1. The first-order valence-corrected chi connectivity index (χ1v) is 5.95. The Balaban J connectivity index is 2.22. The summed E-state index contributed by atoms with van der Waals surface area (Å²) in [6.07, 6.45) is 2.05. The molecule has 0 radical (unpaired) electrons.